The molecule has 3 aromatic rings. The number of hydrogen-bond acceptors (Lipinski definition) is 6. The smallest absolute Gasteiger partial charge is 0.326 e. The number of amides is 2. The summed E-state index contributed by atoms with van der Waals surface area (Å²) in [5.41, 5.74) is 2.42. The lowest BCUT2D eigenvalue weighted by atomic mass is 10.2. The minimum Gasteiger partial charge on any atom is -0.492 e. The number of urea groups is 1. The van der Waals surface area contributed by atoms with Crippen LogP contribution in [-0.4, -0.2) is 65.2 Å². The Morgan fingerprint density at radius 1 is 0.833 bits per heavy atom. The molecule has 0 aliphatic heterocycles. The van der Waals surface area contributed by atoms with Gasteiger partial charge in [-0.2, -0.15) is 0 Å². The van der Waals surface area contributed by atoms with E-state index in [9.17, 15) is 4.79 Å². The predicted octanol–water partition coefficient (Wildman–Crippen LogP) is 4.86. The molecule has 3 rings (SSSR count). The Balaban J connectivity index is 1.66. The molecule has 0 aliphatic rings. The predicted molar refractivity (Wildman–Crippen MR) is 142 cm³/mol. The van der Waals surface area contributed by atoms with Gasteiger partial charge in [0.25, 0.3) is 0 Å². The fraction of sp³-hybridized carbons (Fsp3) is 0.321. The molecule has 8 heteroatoms. The highest BCUT2D eigenvalue weighted by atomic mass is 16.7. The van der Waals surface area contributed by atoms with Gasteiger partial charge in [0.1, 0.15) is 24.7 Å². The molecule has 3 aromatic carbocycles. The maximum absolute atomic E-state index is 13.2. The topological polar surface area (TPSA) is 72.5 Å². The third kappa shape index (κ3) is 8.57. The molecule has 0 heterocycles. The standard InChI is InChI=1S/C28H35N3O5/c1-30(2)18-19-35-25-14-10-23(11-15-25)29-28(32)31(20-27(33-3)34-4)24-12-16-26(17-13-24)36-21-22-8-6-5-7-9-22/h5-17,27H,18-21H2,1-4H3,(H,29,32). The number of hydrogen-bond donors (Lipinski definition) is 1. The number of nitrogens with one attached hydrogen (secondary N) is 1. The zero-order chi connectivity index (χ0) is 25.8. The molecule has 0 bridgehead atoms. The third-order valence-electron chi connectivity index (χ3n) is 5.41. The summed E-state index contributed by atoms with van der Waals surface area (Å²) in [5.74, 6) is 1.46. The van der Waals surface area contributed by atoms with Crippen molar-refractivity contribution in [1.29, 1.82) is 0 Å². The second-order valence-corrected chi connectivity index (χ2v) is 8.39. The molecule has 0 saturated heterocycles. The van der Waals surface area contributed by atoms with E-state index in [1.165, 1.54) is 0 Å². The summed E-state index contributed by atoms with van der Waals surface area (Å²) in [5, 5.41) is 2.94. The molecule has 8 nitrogen and oxygen atoms in total. The first-order valence-corrected chi connectivity index (χ1v) is 11.8. The lowest BCUT2D eigenvalue weighted by molar-refractivity contribution is -0.0938. The van der Waals surface area contributed by atoms with Gasteiger partial charge in [-0.1, -0.05) is 30.3 Å². The zero-order valence-electron chi connectivity index (χ0n) is 21.3. The normalized spacial score (nSPS) is 10.9. The van der Waals surface area contributed by atoms with Crippen molar-refractivity contribution in [1.82, 2.24) is 4.90 Å². The number of carbonyl (C=O) groups is 1. The maximum Gasteiger partial charge on any atom is 0.326 e. The second-order valence-electron chi connectivity index (χ2n) is 8.39. The van der Waals surface area contributed by atoms with Gasteiger partial charge in [-0.05, 0) is 68.2 Å². The summed E-state index contributed by atoms with van der Waals surface area (Å²) in [6, 6.07) is 24.3. The van der Waals surface area contributed by atoms with E-state index in [1.807, 2.05) is 93.0 Å². The van der Waals surface area contributed by atoms with E-state index >= 15 is 0 Å². The molecular weight excluding hydrogens is 458 g/mol. The number of ether oxygens (including phenoxy) is 4. The van der Waals surface area contributed by atoms with Gasteiger partial charge >= 0.3 is 6.03 Å². The van der Waals surface area contributed by atoms with Crippen LogP contribution in [0.1, 0.15) is 5.56 Å². The Morgan fingerprint density at radius 3 is 2.06 bits per heavy atom. The van der Waals surface area contributed by atoms with Crippen molar-refractivity contribution in [2.75, 3.05) is 58.2 Å². The lowest BCUT2D eigenvalue weighted by Crippen LogP contribution is -2.41. The quantitative estimate of drug-likeness (QED) is 0.343. The van der Waals surface area contributed by atoms with Crippen molar-refractivity contribution < 1.29 is 23.7 Å². The summed E-state index contributed by atoms with van der Waals surface area (Å²) in [6.07, 6.45) is -0.586. The van der Waals surface area contributed by atoms with Crippen LogP contribution in [0.25, 0.3) is 0 Å². The van der Waals surface area contributed by atoms with E-state index in [0.717, 1.165) is 17.9 Å². The largest absolute Gasteiger partial charge is 0.492 e. The van der Waals surface area contributed by atoms with Crippen molar-refractivity contribution in [3.63, 3.8) is 0 Å². The lowest BCUT2D eigenvalue weighted by Gasteiger charge is -2.27. The molecule has 2 amide bonds. The van der Waals surface area contributed by atoms with Gasteiger partial charge in [0, 0.05) is 32.1 Å². The highest BCUT2D eigenvalue weighted by molar-refractivity contribution is 6.01. The summed E-state index contributed by atoms with van der Waals surface area (Å²) < 4.78 is 22.3. The minimum atomic E-state index is -0.586. The Hall–Kier alpha value is -3.59. The Morgan fingerprint density at radius 2 is 1.44 bits per heavy atom. The van der Waals surface area contributed by atoms with E-state index in [-0.39, 0.29) is 12.6 Å². The van der Waals surface area contributed by atoms with Crippen molar-refractivity contribution >= 4 is 17.4 Å². The average molecular weight is 494 g/mol. The van der Waals surface area contributed by atoms with Crippen LogP contribution in [0, 0.1) is 0 Å². The molecule has 0 saturated carbocycles. The van der Waals surface area contributed by atoms with E-state index in [0.29, 0.717) is 30.3 Å². The number of carbonyl (C=O) groups excluding carboxylic acids is 1. The number of anilines is 2. The third-order valence-corrected chi connectivity index (χ3v) is 5.41. The molecule has 0 spiro atoms. The Bertz CT molecular complexity index is 1040. The summed E-state index contributed by atoms with van der Waals surface area (Å²) in [6.45, 7) is 2.08. The minimum absolute atomic E-state index is 0.203. The first-order chi connectivity index (χ1) is 17.5. The average Bonchev–Trinajstić information content (AvgIpc) is 2.90. The van der Waals surface area contributed by atoms with Crippen LogP contribution in [0.2, 0.25) is 0 Å². The van der Waals surface area contributed by atoms with Crippen molar-refractivity contribution in [3.8, 4) is 11.5 Å². The molecule has 0 fully saturated rings. The SMILES string of the molecule is COC(CN(C(=O)Nc1ccc(OCCN(C)C)cc1)c1ccc(OCc2ccccc2)cc1)OC. The first kappa shape index (κ1) is 27.0. The fourth-order valence-electron chi connectivity index (χ4n) is 3.33. The van der Waals surface area contributed by atoms with Crippen LogP contribution in [0.3, 0.4) is 0 Å². The molecule has 0 atom stereocenters. The molecule has 192 valence electrons. The maximum atomic E-state index is 13.2. The van der Waals surface area contributed by atoms with Gasteiger partial charge in [0.15, 0.2) is 6.29 Å². The van der Waals surface area contributed by atoms with Crippen molar-refractivity contribution in [2.45, 2.75) is 12.9 Å². The monoisotopic (exact) mass is 493 g/mol. The summed E-state index contributed by atoms with van der Waals surface area (Å²) in [4.78, 5) is 16.9. The van der Waals surface area contributed by atoms with Gasteiger partial charge in [0.2, 0.25) is 0 Å². The van der Waals surface area contributed by atoms with E-state index < -0.39 is 6.29 Å². The Kier molecular flexibility index (Phi) is 10.6. The van der Waals surface area contributed by atoms with Crippen LogP contribution in [0.4, 0.5) is 16.2 Å². The number of rotatable bonds is 13. The van der Waals surface area contributed by atoms with Crippen LogP contribution in [0.15, 0.2) is 78.9 Å². The van der Waals surface area contributed by atoms with Gasteiger partial charge in [-0.15, -0.1) is 0 Å². The molecular formula is C28H35N3O5. The van der Waals surface area contributed by atoms with E-state index in [2.05, 4.69) is 10.2 Å². The molecule has 0 aliphatic carbocycles. The van der Waals surface area contributed by atoms with Crippen LogP contribution in [-0.2, 0) is 16.1 Å². The second kappa shape index (κ2) is 14.1. The molecule has 0 unspecified atom stereocenters. The first-order valence-electron chi connectivity index (χ1n) is 11.8. The van der Waals surface area contributed by atoms with Crippen LogP contribution < -0.4 is 19.7 Å². The number of nitrogens with zero attached hydrogens (tertiary/aromatic N) is 2. The number of methoxy groups -OCH3 is 2. The van der Waals surface area contributed by atoms with Gasteiger partial charge < -0.3 is 29.2 Å². The molecule has 1 N–H and O–H groups in total. The molecule has 0 radical (unpaired) electrons. The summed E-state index contributed by atoms with van der Waals surface area (Å²) >= 11 is 0. The number of benzene rings is 3. The van der Waals surface area contributed by atoms with E-state index in [1.54, 1.807) is 19.1 Å². The highest BCUT2D eigenvalue weighted by Gasteiger charge is 2.21. The summed E-state index contributed by atoms with van der Waals surface area (Å²) in [7, 11) is 7.08. The highest BCUT2D eigenvalue weighted by Crippen LogP contribution is 2.23. The van der Waals surface area contributed by atoms with Gasteiger partial charge in [-0.25, -0.2) is 4.79 Å². The van der Waals surface area contributed by atoms with Gasteiger partial charge in [-0.3, -0.25) is 4.90 Å². The number of likely N-dealkylation sites (N-methyl/N-ethyl adjacent to an activating group) is 1. The Labute approximate surface area is 213 Å². The van der Waals surface area contributed by atoms with Crippen LogP contribution >= 0.6 is 0 Å². The fourth-order valence-corrected chi connectivity index (χ4v) is 3.33. The molecule has 36 heavy (non-hydrogen) atoms. The van der Waals surface area contributed by atoms with Crippen molar-refractivity contribution in [3.05, 3.63) is 84.4 Å². The van der Waals surface area contributed by atoms with Gasteiger partial charge in [0.05, 0.1) is 6.54 Å². The molecule has 0 aromatic heterocycles. The zero-order valence-corrected chi connectivity index (χ0v) is 21.3. The van der Waals surface area contributed by atoms with Crippen LogP contribution in [0.5, 0.6) is 11.5 Å². The van der Waals surface area contributed by atoms with E-state index in [4.69, 9.17) is 18.9 Å². The van der Waals surface area contributed by atoms with Crippen molar-refractivity contribution in [2.24, 2.45) is 0 Å².